The summed E-state index contributed by atoms with van der Waals surface area (Å²) in [6.45, 7) is 14.1. The zero-order valence-corrected chi connectivity index (χ0v) is 59.1. The van der Waals surface area contributed by atoms with Crippen LogP contribution in [0, 0.1) is 23.7 Å². The number of carbonyl (C=O) groups is 4. The van der Waals surface area contributed by atoms with Crippen LogP contribution in [0.5, 0.6) is 0 Å². The number of hydrogen-bond acceptors (Lipinski definition) is 15. The van der Waals surface area contributed by atoms with E-state index in [-0.39, 0.29) is 25.7 Å². The number of hydrogen-bond donors (Lipinski definition) is 3. The van der Waals surface area contributed by atoms with Crippen molar-refractivity contribution in [3.05, 3.63) is 0 Å². The minimum absolute atomic E-state index is 0.104. The molecule has 0 aliphatic heterocycles. The van der Waals surface area contributed by atoms with Crippen molar-refractivity contribution in [2.75, 3.05) is 39.6 Å². The fraction of sp³-hybridized carbons (Fsp3) is 0.942. The molecule has 0 radical (unpaired) electrons. The Kier molecular flexibility index (Phi) is 57.6. The monoisotopic (exact) mass is 1300 g/mol. The Morgan fingerprint density at radius 1 is 0.318 bits per heavy atom. The fourth-order valence-electron chi connectivity index (χ4n) is 10.3. The van der Waals surface area contributed by atoms with E-state index < -0.39 is 97.5 Å². The van der Waals surface area contributed by atoms with Gasteiger partial charge in [0, 0.05) is 25.7 Å². The number of ether oxygens (including phenoxy) is 4. The predicted molar refractivity (Wildman–Crippen MR) is 354 cm³/mol. The molecule has 6 atom stereocenters. The van der Waals surface area contributed by atoms with E-state index >= 15 is 0 Å². The van der Waals surface area contributed by atoms with Crippen LogP contribution in [0.25, 0.3) is 0 Å². The Hall–Kier alpha value is -1.94. The highest BCUT2D eigenvalue weighted by Crippen LogP contribution is 2.45. The highest BCUT2D eigenvalue weighted by Gasteiger charge is 2.30. The number of phosphoric acid groups is 2. The van der Waals surface area contributed by atoms with Crippen molar-refractivity contribution in [2.24, 2.45) is 23.7 Å². The molecule has 0 fully saturated rings. The molecule has 522 valence electrons. The molecule has 3 N–H and O–H groups in total. The molecule has 88 heavy (non-hydrogen) atoms. The quantitative estimate of drug-likeness (QED) is 0.0222. The van der Waals surface area contributed by atoms with E-state index in [1.165, 1.54) is 135 Å². The summed E-state index contributed by atoms with van der Waals surface area (Å²) in [7, 11) is -9.90. The van der Waals surface area contributed by atoms with Crippen LogP contribution in [0.15, 0.2) is 0 Å². The molecule has 19 heteroatoms. The zero-order chi connectivity index (χ0) is 65.4. The third kappa shape index (κ3) is 61.6. The molecule has 0 aromatic rings. The first-order valence-corrected chi connectivity index (χ1v) is 38.7. The Labute approximate surface area is 537 Å². The number of rotatable bonds is 66. The number of esters is 4. The van der Waals surface area contributed by atoms with Gasteiger partial charge in [-0.05, 0) is 49.4 Å². The first-order chi connectivity index (χ1) is 42.1. The number of aliphatic hydroxyl groups is 1. The molecule has 0 aromatic carbocycles. The summed E-state index contributed by atoms with van der Waals surface area (Å²) in [5.41, 5.74) is 0. The second-order valence-corrected chi connectivity index (χ2v) is 29.5. The summed E-state index contributed by atoms with van der Waals surface area (Å²) in [6, 6.07) is 0. The second-order valence-electron chi connectivity index (χ2n) is 26.6. The van der Waals surface area contributed by atoms with Crippen LogP contribution >= 0.6 is 15.6 Å². The van der Waals surface area contributed by atoms with E-state index in [0.29, 0.717) is 25.7 Å². The lowest BCUT2D eigenvalue weighted by atomic mass is 10.00. The third-order valence-electron chi connectivity index (χ3n) is 16.2. The topological polar surface area (TPSA) is 237 Å². The van der Waals surface area contributed by atoms with Gasteiger partial charge in [-0.3, -0.25) is 37.3 Å². The molecule has 0 rings (SSSR count). The van der Waals surface area contributed by atoms with E-state index in [9.17, 15) is 43.2 Å². The van der Waals surface area contributed by atoms with E-state index in [1.807, 2.05) is 0 Å². The van der Waals surface area contributed by atoms with Gasteiger partial charge in [0.1, 0.15) is 19.3 Å². The minimum atomic E-state index is -4.95. The summed E-state index contributed by atoms with van der Waals surface area (Å²) in [5.74, 6) is 0.838. The molecule has 0 bridgehead atoms. The first kappa shape index (κ1) is 86.1. The lowest BCUT2D eigenvalue weighted by molar-refractivity contribution is -0.161. The summed E-state index contributed by atoms with van der Waals surface area (Å²) < 4.78 is 68.2. The van der Waals surface area contributed by atoms with E-state index in [2.05, 4.69) is 55.4 Å². The van der Waals surface area contributed by atoms with E-state index in [4.69, 9.17) is 37.0 Å². The van der Waals surface area contributed by atoms with Crippen LogP contribution in [0.1, 0.15) is 338 Å². The van der Waals surface area contributed by atoms with Crippen molar-refractivity contribution in [2.45, 2.75) is 356 Å². The van der Waals surface area contributed by atoms with Crippen LogP contribution in [0.4, 0.5) is 0 Å². The summed E-state index contributed by atoms with van der Waals surface area (Å²) >= 11 is 0. The van der Waals surface area contributed by atoms with Gasteiger partial charge in [0.05, 0.1) is 26.4 Å². The molecular formula is C69H134O17P2. The third-order valence-corrected chi connectivity index (χ3v) is 18.1. The number of carbonyl (C=O) groups excluding carboxylic acids is 4. The van der Waals surface area contributed by atoms with Gasteiger partial charge >= 0.3 is 39.5 Å². The number of phosphoric ester groups is 2. The Bertz CT molecular complexity index is 1750. The molecule has 3 unspecified atom stereocenters. The van der Waals surface area contributed by atoms with E-state index in [0.717, 1.165) is 120 Å². The summed E-state index contributed by atoms with van der Waals surface area (Å²) in [6.07, 6.45) is 40.3. The Balaban J connectivity index is 5.26. The lowest BCUT2D eigenvalue weighted by Gasteiger charge is -2.21. The van der Waals surface area contributed by atoms with Crippen LogP contribution in [0.3, 0.4) is 0 Å². The van der Waals surface area contributed by atoms with Crippen LogP contribution in [-0.2, 0) is 65.4 Å². The molecular weight excluding hydrogens is 1160 g/mol. The molecule has 17 nitrogen and oxygen atoms in total. The van der Waals surface area contributed by atoms with Crippen LogP contribution in [-0.4, -0.2) is 96.7 Å². The van der Waals surface area contributed by atoms with Gasteiger partial charge in [0.25, 0.3) is 0 Å². The molecule has 0 heterocycles. The maximum atomic E-state index is 13.0. The molecule has 0 spiro atoms. The van der Waals surface area contributed by atoms with Gasteiger partial charge in [0.2, 0.25) is 0 Å². The highest BCUT2D eigenvalue weighted by atomic mass is 31.2. The average Bonchev–Trinajstić information content (AvgIpc) is 3.59. The number of aliphatic hydroxyl groups excluding tert-OH is 1. The maximum absolute atomic E-state index is 13.0. The van der Waals surface area contributed by atoms with E-state index in [1.54, 1.807) is 0 Å². The maximum Gasteiger partial charge on any atom is 0.472 e. The molecule has 0 saturated heterocycles. The molecule has 0 amide bonds. The van der Waals surface area contributed by atoms with Crippen molar-refractivity contribution in [3.63, 3.8) is 0 Å². The molecule has 0 aromatic heterocycles. The first-order valence-electron chi connectivity index (χ1n) is 35.7. The van der Waals surface area contributed by atoms with Crippen molar-refractivity contribution in [1.82, 2.24) is 0 Å². The Morgan fingerprint density at radius 3 is 0.807 bits per heavy atom. The smallest absolute Gasteiger partial charge is 0.462 e. The largest absolute Gasteiger partial charge is 0.472 e. The second kappa shape index (κ2) is 58.8. The van der Waals surface area contributed by atoms with Crippen LogP contribution < -0.4 is 0 Å². The van der Waals surface area contributed by atoms with Gasteiger partial charge in [0.15, 0.2) is 12.2 Å². The Morgan fingerprint density at radius 2 is 0.545 bits per heavy atom. The van der Waals surface area contributed by atoms with Gasteiger partial charge < -0.3 is 33.8 Å². The summed E-state index contributed by atoms with van der Waals surface area (Å²) in [4.78, 5) is 72.5. The SMILES string of the molecule is CCC(C)CCCCCCCCC(=O)OC[C@H](COP(=O)(O)OC[C@H](O)COP(=O)(O)OC[C@@H](COC(=O)CCCCCCCCCCC(C)C)OC(=O)CCCCCCCCCCCCCCC(C)C)OC(=O)CCCCCCCCCCCC(C)C. The average molecular weight is 1300 g/mol. The minimum Gasteiger partial charge on any atom is -0.462 e. The molecule has 0 saturated carbocycles. The van der Waals surface area contributed by atoms with Crippen molar-refractivity contribution >= 4 is 39.5 Å². The molecule has 0 aliphatic carbocycles. The van der Waals surface area contributed by atoms with Gasteiger partial charge in [-0.1, -0.05) is 287 Å². The van der Waals surface area contributed by atoms with Gasteiger partial charge in [-0.15, -0.1) is 0 Å². The van der Waals surface area contributed by atoms with Gasteiger partial charge in [-0.2, -0.15) is 0 Å². The number of unbranched alkanes of at least 4 members (excludes halogenated alkanes) is 31. The van der Waals surface area contributed by atoms with Crippen molar-refractivity contribution < 1.29 is 80.2 Å². The van der Waals surface area contributed by atoms with Crippen molar-refractivity contribution in [1.29, 1.82) is 0 Å². The zero-order valence-electron chi connectivity index (χ0n) is 57.3. The lowest BCUT2D eigenvalue weighted by Crippen LogP contribution is -2.30. The highest BCUT2D eigenvalue weighted by molar-refractivity contribution is 7.47. The normalized spacial score (nSPS) is 14.6. The standard InChI is InChI=1S/C69H134O17P2/c1-9-62(8)48-40-32-27-28-34-42-50-67(72)80-56-65(86-69(74)52-44-36-26-18-14-16-22-30-38-46-60(4)5)58-84-88(77,78)82-54-63(70)53-81-87(75,76)83-57-64(55-79-66(71)49-41-33-24-20-19-23-31-39-47-61(6)7)85-68(73)51-43-35-25-17-13-11-10-12-15-21-29-37-45-59(2)3/h59-65,70H,9-58H2,1-8H3,(H,75,76)(H,77,78)/t62?,63-,64-,65-/m1/s1. The van der Waals surface area contributed by atoms with Crippen molar-refractivity contribution in [3.8, 4) is 0 Å². The fourth-order valence-corrected chi connectivity index (χ4v) is 11.9. The van der Waals surface area contributed by atoms with Crippen LogP contribution in [0.2, 0.25) is 0 Å². The molecule has 0 aliphatic rings. The van der Waals surface area contributed by atoms with Gasteiger partial charge in [-0.25, -0.2) is 9.13 Å². The predicted octanol–water partition coefficient (Wildman–Crippen LogP) is 19.3. The summed E-state index contributed by atoms with van der Waals surface area (Å²) in [5, 5.41) is 10.6.